The van der Waals surface area contributed by atoms with E-state index in [0.29, 0.717) is 12.0 Å². The zero-order valence-electron chi connectivity index (χ0n) is 13.7. The van der Waals surface area contributed by atoms with Crippen molar-refractivity contribution in [1.82, 2.24) is 9.88 Å². The van der Waals surface area contributed by atoms with Crippen molar-refractivity contribution in [2.75, 3.05) is 20.2 Å². The molecule has 0 aliphatic carbocycles. The first-order valence-corrected chi connectivity index (χ1v) is 8.16. The van der Waals surface area contributed by atoms with Crippen LogP contribution >= 0.6 is 0 Å². The van der Waals surface area contributed by atoms with Gasteiger partial charge in [0.1, 0.15) is 5.75 Å². The van der Waals surface area contributed by atoms with Crippen LogP contribution in [0.4, 0.5) is 0 Å². The Morgan fingerprint density at radius 1 is 1.35 bits per heavy atom. The van der Waals surface area contributed by atoms with Gasteiger partial charge in [-0.15, -0.1) is 13.2 Å². The van der Waals surface area contributed by atoms with Gasteiger partial charge in [-0.3, -0.25) is 9.88 Å². The molecular weight excluding hydrogens is 284 g/mol. The lowest BCUT2D eigenvalue weighted by Gasteiger charge is -2.42. The molecule has 0 N–H and O–H groups in total. The molecule has 0 bridgehead atoms. The van der Waals surface area contributed by atoms with E-state index in [2.05, 4.69) is 35.2 Å². The van der Waals surface area contributed by atoms with E-state index >= 15 is 0 Å². The number of pyridine rings is 1. The SMILES string of the molecule is C=CC(C=C)CN1CC[C@@H]1Cc1ccnc2ccc(OC)cc12. The molecule has 3 rings (SSSR count). The van der Waals surface area contributed by atoms with Crippen molar-refractivity contribution in [3.8, 4) is 5.75 Å². The van der Waals surface area contributed by atoms with Crippen LogP contribution in [0.2, 0.25) is 0 Å². The molecule has 1 atom stereocenters. The van der Waals surface area contributed by atoms with Gasteiger partial charge in [0.05, 0.1) is 12.6 Å². The molecule has 23 heavy (non-hydrogen) atoms. The Bertz CT molecular complexity index is 702. The number of benzene rings is 1. The average molecular weight is 308 g/mol. The highest BCUT2D eigenvalue weighted by molar-refractivity contribution is 5.83. The molecular formula is C20H24N2O. The van der Waals surface area contributed by atoms with E-state index in [4.69, 9.17) is 4.74 Å². The number of likely N-dealkylation sites (tertiary alicyclic amines) is 1. The van der Waals surface area contributed by atoms with Crippen LogP contribution in [-0.4, -0.2) is 36.1 Å². The number of hydrogen-bond acceptors (Lipinski definition) is 3. The minimum absolute atomic E-state index is 0.368. The van der Waals surface area contributed by atoms with E-state index in [1.54, 1.807) is 7.11 Å². The largest absolute Gasteiger partial charge is 0.497 e. The molecule has 3 nitrogen and oxygen atoms in total. The van der Waals surface area contributed by atoms with Crippen LogP contribution in [0.3, 0.4) is 0 Å². The van der Waals surface area contributed by atoms with Gasteiger partial charge in [0, 0.05) is 30.1 Å². The molecule has 1 aliphatic heterocycles. The van der Waals surface area contributed by atoms with E-state index in [9.17, 15) is 0 Å². The first kappa shape index (κ1) is 15.8. The fourth-order valence-electron chi connectivity index (χ4n) is 3.22. The van der Waals surface area contributed by atoms with Crippen LogP contribution in [0.15, 0.2) is 55.8 Å². The quantitative estimate of drug-likeness (QED) is 0.727. The van der Waals surface area contributed by atoms with E-state index in [1.165, 1.54) is 17.4 Å². The summed E-state index contributed by atoms with van der Waals surface area (Å²) in [4.78, 5) is 6.99. The molecule has 0 amide bonds. The molecule has 1 saturated heterocycles. The maximum absolute atomic E-state index is 5.37. The third-order valence-electron chi connectivity index (χ3n) is 4.81. The van der Waals surface area contributed by atoms with Gasteiger partial charge in [-0.1, -0.05) is 12.2 Å². The summed E-state index contributed by atoms with van der Waals surface area (Å²) in [5.74, 6) is 1.25. The topological polar surface area (TPSA) is 25.4 Å². The van der Waals surface area contributed by atoms with Gasteiger partial charge in [0.25, 0.3) is 0 Å². The third kappa shape index (κ3) is 3.30. The predicted molar refractivity (Wildman–Crippen MR) is 95.9 cm³/mol. The van der Waals surface area contributed by atoms with Crippen LogP contribution in [-0.2, 0) is 6.42 Å². The highest BCUT2D eigenvalue weighted by Gasteiger charge is 2.29. The Hall–Kier alpha value is -2.13. The predicted octanol–water partition coefficient (Wildman–Crippen LogP) is 3.85. The van der Waals surface area contributed by atoms with Crippen LogP contribution in [0.1, 0.15) is 12.0 Å². The second kappa shape index (κ2) is 6.97. The Balaban J connectivity index is 1.78. The zero-order valence-corrected chi connectivity index (χ0v) is 13.7. The standard InChI is InChI=1S/C20H24N2O/c1-4-15(5-2)14-22-11-9-17(22)12-16-8-10-21-20-7-6-18(23-3)13-19(16)20/h4-8,10,13,15,17H,1-2,9,11-12,14H2,3H3/t17-/m1/s1. The highest BCUT2D eigenvalue weighted by Crippen LogP contribution is 2.28. The zero-order chi connectivity index (χ0) is 16.2. The molecule has 2 aromatic rings. The lowest BCUT2D eigenvalue weighted by Crippen LogP contribution is -2.50. The monoisotopic (exact) mass is 308 g/mol. The molecule has 120 valence electrons. The number of nitrogens with zero attached hydrogens (tertiary/aromatic N) is 2. The molecule has 1 aromatic heterocycles. The summed E-state index contributed by atoms with van der Waals surface area (Å²) < 4.78 is 5.37. The average Bonchev–Trinajstić information content (AvgIpc) is 2.59. The van der Waals surface area contributed by atoms with Gasteiger partial charge in [-0.2, -0.15) is 0 Å². The lowest BCUT2D eigenvalue weighted by molar-refractivity contribution is 0.0847. The first-order chi connectivity index (χ1) is 11.2. The second-order valence-electron chi connectivity index (χ2n) is 6.13. The van der Waals surface area contributed by atoms with Crippen molar-refractivity contribution in [2.24, 2.45) is 5.92 Å². The number of methoxy groups -OCH3 is 1. The van der Waals surface area contributed by atoms with Crippen molar-refractivity contribution >= 4 is 10.9 Å². The van der Waals surface area contributed by atoms with Crippen LogP contribution in [0.5, 0.6) is 5.75 Å². The third-order valence-corrected chi connectivity index (χ3v) is 4.81. The summed E-state index contributed by atoms with van der Waals surface area (Å²) in [5.41, 5.74) is 2.38. The molecule has 1 aliphatic rings. The summed E-state index contributed by atoms with van der Waals surface area (Å²) in [6.07, 6.45) is 8.16. The molecule has 0 unspecified atom stereocenters. The van der Waals surface area contributed by atoms with Gasteiger partial charge in [0.15, 0.2) is 0 Å². The Kier molecular flexibility index (Phi) is 4.77. The number of fused-ring (bicyclic) bond motifs is 1. The fourth-order valence-corrected chi connectivity index (χ4v) is 3.22. The van der Waals surface area contributed by atoms with Crippen LogP contribution in [0.25, 0.3) is 10.9 Å². The molecule has 0 spiro atoms. The van der Waals surface area contributed by atoms with E-state index in [-0.39, 0.29) is 0 Å². The summed E-state index contributed by atoms with van der Waals surface area (Å²) in [6, 6.07) is 8.82. The smallest absolute Gasteiger partial charge is 0.119 e. The minimum atomic E-state index is 0.368. The minimum Gasteiger partial charge on any atom is -0.497 e. The second-order valence-corrected chi connectivity index (χ2v) is 6.13. The number of ether oxygens (including phenoxy) is 1. The summed E-state index contributed by atoms with van der Waals surface area (Å²) >= 11 is 0. The summed E-state index contributed by atoms with van der Waals surface area (Å²) in [7, 11) is 1.70. The molecule has 1 fully saturated rings. The molecule has 0 saturated carbocycles. The van der Waals surface area contributed by atoms with Crippen molar-refractivity contribution in [2.45, 2.75) is 18.9 Å². The van der Waals surface area contributed by atoms with Crippen molar-refractivity contribution in [1.29, 1.82) is 0 Å². The van der Waals surface area contributed by atoms with Gasteiger partial charge in [0.2, 0.25) is 0 Å². The first-order valence-electron chi connectivity index (χ1n) is 8.16. The molecule has 3 heteroatoms. The van der Waals surface area contributed by atoms with Crippen molar-refractivity contribution in [3.05, 3.63) is 61.3 Å². The van der Waals surface area contributed by atoms with Gasteiger partial charge in [-0.25, -0.2) is 0 Å². The Labute approximate surface area is 138 Å². The molecule has 2 heterocycles. The Morgan fingerprint density at radius 2 is 2.17 bits per heavy atom. The lowest BCUT2D eigenvalue weighted by atomic mass is 9.92. The highest BCUT2D eigenvalue weighted by atomic mass is 16.5. The van der Waals surface area contributed by atoms with Gasteiger partial charge in [-0.05, 0) is 49.2 Å². The van der Waals surface area contributed by atoms with E-state index in [1.807, 2.05) is 30.5 Å². The summed E-state index contributed by atoms with van der Waals surface area (Å²) in [5, 5.41) is 1.20. The Morgan fingerprint density at radius 3 is 2.83 bits per heavy atom. The van der Waals surface area contributed by atoms with Gasteiger partial charge >= 0.3 is 0 Å². The summed E-state index contributed by atoms with van der Waals surface area (Å²) in [6.45, 7) is 9.96. The van der Waals surface area contributed by atoms with Crippen LogP contribution < -0.4 is 4.74 Å². The number of aromatic nitrogens is 1. The van der Waals surface area contributed by atoms with Crippen molar-refractivity contribution in [3.63, 3.8) is 0 Å². The normalized spacial score (nSPS) is 17.9. The molecule has 0 radical (unpaired) electrons. The van der Waals surface area contributed by atoms with Gasteiger partial charge < -0.3 is 4.74 Å². The molecule has 1 aromatic carbocycles. The van der Waals surface area contributed by atoms with E-state index < -0.39 is 0 Å². The fraction of sp³-hybridized carbons (Fsp3) is 0.350. The number of hydrogen-bond donors (Lipinski definition) is 0. The number of rotatable bonds is 7. The maximum atomic E-state index is 5.37. The van der Waals surface area contributed by atoms with Crippen LogP contribution in [0, 0.1) is 5.92 Å². The van der Waals surface area contributed by atoms with E-state index in [0.717, 1.165) is 30.8 Å². The van der Waals surface area contributed by atoms with Crippen molar-refractivity contribution < 1.29 is 4.74 Å². The maximum Gasteiger partial charge on any atom is 0.119 e.